The summed E-state index contributed by atoms with van der Waals surface area (Å²) in [6.45, 7) is 5.30. The molecule has 22 heavy (non-hydrogen) atoms. The van der Waals surface area contributed by atoms with Crippen LogP contribution in [0, 0.1) is 0 Å². The zero-order valence-corrected chi connectivity index (χ0v) is 12.1. The lowest BCUT2D eigenvalue weighted by Gasteiger charge is -2.11. The van der Waals surface area contributed by atoms with E-state index < -0.39 is 0 Å². The second kappa shape index (κ2) is 7.03. The van der Waals surface area contributed by atoms with Crippen molar-refractivity contribution in [2.24, 2.45) is 0 Å². The Morgan fingerprint density at radius 3 is 2.36 bits per heavy atom. The van der Waals surface area contributed by atoms with Gasteiger partial charge in [-0.2, -0.15) is 0 Å². The highest BCUT2D eigenvalue weighted by atomic mass is 16.2. The van der Waals surface area contributed by atoms with Gasteiger partial charge >= 0.3 is 0 Å². The van der Waals surface area contributed by atoms with Gasteiger partial charge < -0.3 is 5.32 Å². The average Bonchev–Trinajstić information content (AvgIpc) is 2.53. The van der Waals surface area contributed by atoms with Crippen LogP contribution in [0.5, 0.6) is 0 Å². The Labute approximate surface area is 128 Å². The molecule has 0 aliphatic heterocycles. The van der Waals surface area contributed by atoms with Gasteiger partial charge in [0.1, 0.15) is 0 Å². The van der Waals surface area contributed by atoms with Crippen LogP contribution in [0.25, 0.3) is 5.70 Å². The summed E-state index contributed by atoms with van der Waals surface area (Å²) in [6, 6.07) is 10.4. The number of pyridine rings is 1. The number of hydrogen-bond donors (Lipinski definition) is 3. The number of nitrogens with one attached hydrogen (secondary N) is 3. The number of amides is 2. The molecule has 0 saturated heterocycles. The van der Waals surface area contributed by atoms with Gasteiger partial charge in [0, 0.05) is 25.0 Å². The molecule has 6 nitrogen and oxygen atoms in total. The van der Waals surface area contributed by atoms with E-state index in [1.165, 1.54) is 13.1 Å². The largest absolute Gasteiger partial charge is 0.326 e. The molecule has 6 heteroatoms. The van der Waals surface area contributed by atoms with Gasteiger partial charge in [-0.1, -0.05) is 18.7 Å². The van der Waals surface area contributed by atoms with Gasteiger partial charge in [-0.15, -0.1) is 0 Å². The minimum absolute atomic E-state index is 0.131. The smallest absolute Gasteiger partial charge is 0.271 e. The molecule has 2 amide bonds. The highest BCUT2D eigenvalue weighted by Gasteiger charge is 2.05. The predicted molar refractivity (Wildman–Crippen MR) is 84.6 cm³/mol. The summed E-state index contributed by atoms with van der Waals surface area (Å²) in [7, 11) is 0. The Kier molecular flexibility index (Phi) is 4.87. The molecule has 0 aliphatic carbocycles. The van der Waals surface area contributed by atoms with Gasteiger partial charge in [0.15, 0.2) is 0 Å². The monoisotopic (exact) mass is 296 g/mol. The van der Waals surface area contributed by atoms with Crippen LogP contribution in [0.15, 0.2) is 55.4 Å². The lowest BCUT2D eigenvalue weighted by molar-refractivity contribution is -0.114. The van der Waals surface area contributed by atoms with Crippen LogP contribution in [0.3, 0.4) is 0 Å². The van der Waals surface area contributed by atoms with E-state index in [0.29, 0.717) is 16.9 Å². The molecule has 0 fully saturated rings. The highest BCUT2D eigenvalue weighted by Crippen LogP contribution is 2.13. The van der Waals surface area contributed by atoms with E-state index in [2.05, 4.69) is 27.7 Å². The van der Waals surface area contributed by atoms with E-state index in [1.54, 1.807) is 42.6 Å². The maximum absolute atomic E-state index is 11.9. The molecular weight excluding hydrogens is 280 g/mol. The fraction of sp³-hybridized carbons (Fsp3) is 0.0625. The Morgan fingerprint density at radius 2 is 1.77 bits per heavy atom. The van der Waals surface area contributed by atoms with E-state index in [1.807, 2.05) is 0 Å². The van der Waals surface area contributed by atoms with E-state index in [9.17, 15) is 9.59 Å². The average molecular weight is 296 g/mol. The molecular formula is C16H16N4O2. The van der Waals surface area contributed by atoms with Crippen LogP contribution < -0.4 is 16.2 Å². The van der Waals surface area contributed by atoms with Gasteiger partial charge in [-0.3, -0.25) is 25.4 Å². The van der Waals surface area contributed by atoms with E-state index >= 15 is 0 Å². The molecule has 3 N–H and O–H groups in total. The van der Waals surface area contributed by atoms with Gasteiger partial charge in [0.05, 0.1) is 11.3 Å². The third-order valence-corrected chi connectivity index (χ3v) is 2.80. The van der Waals surface area contributed by atoms with Gasteiger partial charge in [0.25, 0.3) is 5.91 Å². The van der Waals surface area contributed by atoms with E-state index in [4.69, 9.17) is 0 Å². The van der Waals surface area contributed by atoms with Gasteiger partial charge in [-0.05, 0) is 29.8 Å². The first-order valence-corrected chi connectivity index (χ1v) is 6.59. The third-order valence-electron chi connectivity index (χ3n) is 2.80. The number of aromatic nitrogens is 1. The van der Waals surface area contributed by atoms with Gasteiger partial charge in [-0.25, -0.2) is 0 Å². The maximum atomic E-state index is 11.9. The van der Waals surface area contributed by atoms with Crippen LogP contribution in [0.2, 0.25) is 0 Å². The number of hydrogen-bond acceptors (Lipinski definition) is 4. The van der Waals surface area contributed by atoms with Crippen molar-refractivity contribution in [2.45, 2.75) is 6.92 Å². The Balaban J connectivity index is 1.92. The second-order valence-electron chi connectivity index (χ2n) is 4.56. The number of hydrazine groups is 1. The summed E-state index contributed by atoms with van der Waals surface area (Å²) in [5.74, 6) is -0.433. The molecule has 1 heterocycles. The van der Waals surface area contributed by atoms with Crippen LogP contribution in [0.1, 0.15) is 22.8 Å². The van der Waals surface area contributed by atoms with E-state index in [-0.39, 0.29) is 11.8 Å². The Bertz CT molecular complexity index is 681. The quantitative estimate of drug-likeness (QED) is 0.736. The fourth-order valence-corrected chi connectivity index (χ4v) is 1.73. The number of carbonyl (C=O) groups excluding carboxylic acids is 2. The first-order valence-electron chi connectivity index (χ1n) is 6.59. The summed E-state index contributed by atoms with van der Waals surface area (Å²) < 4.78 is 0. The predicted octanol–water partition coefficient (Wildman–Crippen LogP) is 1.95. The van der Waals surface area contributed by atoms with Crippen molar-refractivity contribution in [3.63, 3.8) is 0 Å². The Hall–Kier alpha value is -3.15. The van der Waals surface area contributed by atoms with Crippen LogP contribution >= 0.6 is 0 Å². The van der Waals surface area contributed by atoms with Gasteiger partial charge in [0.2, 0.25) is 5.91 Å². The van der Waals surface area contributed by atoms with Crippen molar-refractivity contribution in [3.05, 3.63) is 66.5 Å². The first kappa shape index (κ1) is 15.2. The highest BCUT2D eigenvalue weighted by molar-refractivity contribution is 5.94. The van der Waals surface area contributed by atoms with Crippen molar-refractivity contribution in [3.8, 4) is 0 Å². The van der Waals surface area contributed by atoms with E-state index in [0.717, 1.165) is 5.56 Å². The van der Waals surface area contributed by atoms with Crippen molar-refractivity contribution >= 4 is 23.2 Å². The zero-order valence-electron chi connectivity index (χ0n) is 12.1. The number of rotatable bonds is 5. The SMILES string of the molecule is C=C(NNC(=O)c1cccnc1)c1ccc(NC(C)=O)cc1. The molecule has 0 unspecified atom stereocenters. The normalized spacial score (nSPS) is 9.68. The lowest BCUT2D eigenvalue weighted by Crippen LogP contribution is -2.35. The molecule has 1 aromatic heterocycles. The Morgan fingerprint density at radius 1 is 1.05 bits per heavy atom. The van der Waals surface area contributed by atoms with Crippen LogP contribution in [-0.2, 0) is 4.79 Å². The molecule has 0 saturated carbocycles. The third kappa shape index (κ3) is 4.17. The minimum Gasteiger partial charge on any atom is -0.326 e. The molecule has 2 aromatic rings. The number of carbonyl (C=O) groups is 2. The number of benzene rings is 1. The van der Waals surface area contributed by atoms with Crippen molar-refractivity contribution < 1.29 is 9.59 Å². The molecule has 0 aliphatic rings. The lowest BCUT2D eigenvalue weighted by atomic mass is 10.1. The summed E-state index contributed by atoms with van der Waals surface area (Å²) in [6.07, 6.45) is 3.07. The molecule has 1 aromatic carbocycles. The fourth-order valence-electron chi connectivity index (χ4n) is 1.73. The minimum atomic E-state index is -0.302. The number of nitrogens with zero attached hydrogens (tertiary/aromatic N) is 1. The first-order chi connectivity index (χ1) is 10.6. The maximum Gasteiger partial charge on any atom is 0.271 e. The summed E-state index contributed by atoms with van der Waals surface area (Å²) in [5.41, 5.74) is 7.77. The molecule has 0 radical (unpaired) electrons. The summed E-state index contributed by atoms with van der Waals surface area (Å²) >= 11 is 0. The molecule has 0 atom stereocenters. The molecule has 0 bridgehead atoms. The van der Waals surface area contributed by atoms with Crippen molar-refractivity contribution in [1.82, 2.24) is 15.8 Å². The van der Waals surface area contributed by atoms with Crippen molar-refractivity contribution in [2.75, 3.05) is 5.32 Å². The zero-order chi connectivity index (χ0) is 15.9. The van der Waals surface area contributed by atoms with Crippen LogP contribution in [0.4, 0.5) is 5.69 Å². The molecule has 2 rings (SSSR count). The van der Waals surface area contributed by atoms with Crippen molar-refractivity contribution in [1.29, 1.82) is 0 Å². The standard InChI is InChI=1S/C16H16N4O2/c1-11(13-5-7-15(8-6-13)18-12(2)21)19-20-16(22)14-4-3-9-17-10-14/h3-10,19H,1H2,2H3,(H,18,21)(H,20,22). The molecule has 112 valence electrons. The van der Waals surface area contributed by atoms with Crippen LogP contribution in [-0.4, -0.2) is 16.8 Å². The second-order valence-corrected chi connectivity index (χ2v) is 4.56. The molecule has 0 spiro atoms. The summed E-state index contributed by atoms with van der Waals surface area (Å²) in [5, 5.41) is 2.68. The number of anilines is 1. The summed E-state index contributed by atoms with van der Waals surface area (Å²) in [4.78, 5) is 26.7. The topological polar surface area (TPSA) is 83.1 Å².